The van der Waals surface area contributed by atoms with Crippen LogP contribution in [0.25, 0.3) is 0 Å². The van der Waals surface area contributed by atoms with Gasteiger partial charge in [0, 0.05) is 25.8 Å². The highest BCUT2D eigenvalue weighted by molar-refractivity contribution is 5.77. The molecule has 0 unspecified atom stereocenters. The normalized spacial score (nSPS) is 23.0. The van der Waals surface area contributed by atoms with Crippen molar-refractivity contribution in [3.8, 4) is 0 Å². The lowest BCUT2D eigenvalue weighted by molar-refractivity contribution is -0.140. The van der Waals surface area contributed by atoms with Crippen molar-refractivity contribution in [1.82, 2.24) is 4.90 Å². The molecule has 2 N–H and O–H groups in total. The summed E-state index contributed by atoms with van der Waals surface area (Å²) in [6.45, 7) is 2.06. The summed E-state index contributed by atoms with van der Waals surface area (Å²) in [6, 6.07) is 0. The first kappa shape index (κ1) is 21.9. The van der Waals surface area contributed by atoms with E-state index in [2.05, 4.69) is 4.74 Å². The van der Waals surface area contributed by atoms with Crippen LogP contribution in [0.5, 0.6) is 0 Å². The van der Waals surface area contributed by atoms with Gasteiger partial charge in [0.1, 0.15) is 0 Å². The predicted molar refractivity (Wildman–Crippen MR) is 96.0 cm³/mol. The summed E-state index contributed by atoms with van der Waals surface area (Å²) in [5.41, 5.74) is -0.610. The molecule has 6 heteroatoms. The number of hydrogen-bond donors (Lipinski definition) is 2. The second-order valence-corrected chi connectivity index (χ2v) is 7.42. The second-order valence-electron chi connectivity index (χ2n) is 7.42. The summed E-state index contributed by atoms with van der Waals surface area (Å²) >= 11 is 0. The summed E-state index contributed by atoms with van der Waals surface area (Å²) in [4.78, 5) is 24.9. The minimum Gasteiger partial charge on any atom is -0.469 e. The van der Waals surface area contributed by atoms with Crippen LogP contribution < -0.4 is 0 Å². The Balaban J connectivity index is 2.02. The van der Waals surface area contributed by atoms with Crippen LogP contribution in [0, 0.1) is 0 Å². The van der Waals surface area contributed by atoms with Crippen LogP contribution in [-0.4, -0.2) is 58.9 Å². The van der Waals surface area contributed by atoms with E-state index in [0.29, 0.717) is 25.8 Å². The third-order valence-corrected chi connectivity index (χ3v) is 5.11. The topological polar surface area (TPSA) is 87.1 Å². The molecule has 1 amide bonds. The number of nitrogens with zero attached hydrogens (tertiary/aromatic N) is 1. The van der Waals surface area contributed by atoms with Gasteiger partial charge in [-0.05, 0) is 19.8 Å². The highest BCUT2D eigenvalue weighted by atomic mass is 16.5. The van der Waals surface area contributed by atoms with Crippen molar-refractivity contribution in [3.63, 3.8) is 0 Å². The lowest BCUT2D eigenvalue weighted by Crippen LogP contribution is -2.47. The number of aliphatic hydroxyl groups is 2. The highest BCUT2D eigenvalue weighted by Crippen LogP contribution is 2.29. The summed E-state index contributed by atoms with van der Waals surface area (Å²) in [5.74, 6) is -0.0941. The maximum Gasteiger partial charge on any atom is 0.305 e. The van der Waals surface area contributed by atoms with Gasteiger partial charge in [-0.3, -0.25) is 9.59 Å². The molecule has 1 heterocycles. The molecule has 1 aliphatic heterocycles. The molecular weight excluding hydrogens is 322 g/mol. The lowest BCUT2D eigenvalue weighted by atomic mass is 9.99. The number of β-amino-alcohol motifs (C(OH)–C–C–N with tert-alkyl or cyclic N) is 1. The third-order valence-electron chi connectivity index (χ3n) is 5.11. The number of unbranched alkanes of at least 4 members (excludes halogenated alkanes) is 7. The first-order chi connectivity index (χ1) is 11.9. The van der Waals surface area contributed by atoms with Crippen molar-refractivity contribution >= 4 is 11.9 Å². The van der Waals surface area contributed by atoms with E-state index in [4.69, 9.17) is 0 Å². The average Bonchev–Trinajstić information content (AvgIpc) is 2.91. The number of hydrogen-bond acceptors (Lipinski definition) is 5. The average molecular weight is 357 g/mol. The maximum atomic E-state index is 12.3. The van der Waals surface area contributed by atoms with Crippen LogP contribution in [-0.2, 0) is 14.3 Å². The molecule has 1 saturated heterocycles. The molecule has 0 spiro atoms. The van der Waals surface area contributed by atoms with Crippen molar-refractivity contribution in [2.24, 2.45) is 0 Å². The SMILES string of the molecule is COC(=O)CCCCCCCCCCC(=O)N1C[C@H](O)C[C@@]1(C)CO. The summed E-state index contributed by atoms with van der Waals surface area (Å²) < 4.78 is 4.61. The minimum atomic E-state index is -0.610. The number of likely N-dealkylation sites (tertiary alicyclic amines) is 1. The minimum absolute atomic E-state index is 0.0379. The van der Waals surface area contributed by atoms with Gasteiger partial charge >= 0.3 is 5.97 Å². The van der Waals surface area contributed by atoms with Gasteiger partial charge in [0.15, 0.2) is 0 Å². The van der Waals surface area contributed by atoms with Crippen LogP contribution >= 0.6 is 0 Å². The van der Waals surface area contributed by atoms with Gasteiger partial charge in [-0.2, -0.15) is 0 Å². The van der Waals surface area contributed by atoms with Gasteiger partial charge in [-0.1, -0.05) is 38.5 Å². The zero-order valence-electron chi connectivity index (χ0n) is 15.8. The first-order valence-corrected chi connectivity index (χ1v) is 9.59. The van der Waals surface area contributed by atoms with Crippen LogP contribution in [0.3, 0.4) is 0 Å². The molecule has 146 valence electrons. The number of carbonyl (C=O) groups is 2. The lowest BCUT2D eigenvalue weighted by Gasteiger charge is -2.33. The molecule has 2 atom stereocenters. The van der Waals surface area contributed by atoms with E-state index >= 15 is 0 Å². The quantitative estimate of drug-likeness (QED) is 0.414. The zero-order valence-corrected chi connectivity index (χ0v) is 15.8. The predicted octanol–water partition coefficient (Wildman–Crippen LogP) is 2.40. The van der Waals surface area contributed by atoms with E-state index in [-0.39, 0.29) is 18.5 Å². The van der Waals surface area contributed by atoms with Gasteiger partial charge < -0.3 is 19.8 Å². The van der Waals surface area contributed by atoms with Crippen LogP contribution in [0.4, 0.5) is 0 Å². The summed E-state index contributed by atoms with van der Waals surface area (Å²) in [6.07, 6.45) is 9.33. The van der Waals surface area contributed by atoms with Crippen LogP contribution in [0.2, 0.25) is 0 Å². The molecule has 0 aromatic heterocycles. The maximum absolute atomic E-state index is 12.3. The number of ether oxygens (including phenoxy) is 1. The van der Waals surface area contributed by atoms with Crippen molar-refractivity contribution in [2.75, 3.05) is 20.3 Å². The van der Waals surface area contributed by atoms with Gasteiger partial charge in [-0.25, -0.2) is 0 Å². The zero-order chi connectivity index (χ0) is 18.7. The molecule has 0 aliphatic carbocycles. The number of esters is 1. The molecule has 6 nitrogen and oxygen atoms in total. The van der Waals surface area contributed by atoms with Crippen molar-refractivity contribution in [3.05, 3.63) is 0 Å². The second kappa shape index (κ2) is 11.5. The number of carbonyl (C=O) groups excluding carboxylic acids is 2. The molecule has 25 heavy (non-hydrogen) atoms. The number of methoxy groups -OCH3 is 1. The van der Waals surface area contributed by atoms with E-state index < -0.39 is 11.6 Å². The van der Waals surface area contributed by atoms with E-state index in [0.717, 1.165) is 51.4 Å². The monoisotopic (exact) mass is 357 g/mol. The Bertz CT molecular complexity index is 415. The standard InChI is InChI=1S/C19H35NO5/c1-19(15-21)13-16(22)14-20(19)17(23)11-9-7-5-3-4-6-8-10-12-18(24)25-2/h16,21-22H,3-15H2,1-2H3/t16-,19+/m1/s1. The fourth-order valence-electron chi connectivity index (χ4n) is 3.51. The summed E-state index contributed by atoms with van der Waals surface area (Å²) in [7, 11) is 1.42. The Hall–Kier alpha value is -1.14. The van der Waals surface area contributed by atoms with Crippen molar-refractivity contribution in [1.29, 1.82) is 0 Å². The van der Waals surface area contributed by atoms with Crippen LogP contribution in [0.15, 0.2) is 0 Å². The molecule has 0 bridgehead atoms. The van der Waals surface area contributed by atoms with Gasteiger partial charge in [0.05, 0.1) is 25.4 Å². The molecule has 0 aromatic rings. The van der Waals surface area contributed by atoms with E-state index in [1.165, 1.54) is 7.11 Å². The van der Waals surface area contributed by atoms with E-state index in [1.54, 1.807) is 4.90 Å². The smallest absolute Gasteiger partial charge is 0.305 e. The molecule has 1 fully saturated rings. The molecule has 1 aliphatic rings. The Morgan fingerprint density at radius 2 is 1.56 bits per heavy atom. The molecule has 0 saturated carbocycles. The fraction of sp³-hybridized carbons (Fsp3) is 0.895. The molecular formula is C19H35NO5. The summed E-state index contributed by atoms with van der Waals surface area (Å²) in [5, 5.41) is 19.3. The Kier molecular flexibility index (Phi) is 10.0. The Labute approximate surface area is 151 Å². The third kappa shape index (κ3) is 7.74. The van der Waals surface area contributed by atoms with Crippen molar-refractivity contribution < 1.29 is 24.5 Å². The molecule has 0 aromatic carbocycles. The number of rotatable bonds is 12. The molecule has 0 radical (unpaired) electrons. The Morgan fingerprint density at radius 1 is 1.04 bits per heavy atom. The largest absolute Gasteiger partial charge is 0.469 e. The van der Waals surface area contributed by atoms with Crippen LogP contribution in [0.1, 0.15) is 77.6 Å². The van der Waals surface area contributed by atoms with Gasteiger partial charge in [0.2, 0.25) is 5.91 Å². The first-order valence-electron chi connectivity index (χ1n) is 9.59. The van der Waals surface area contributed by atoms with Gasteiger partial charge in [0.25, 0.3) is 0 Å². The van der Waals surface area contributed by atoms with E-state index in [9.17, 15) is 19.8 Å². The van der Waals surface area contributed by atoms with Crippen molar-refractivity contribution in [2.45, 2.75) is 89.2 Å². The Morgan fingerprint density at radius 3 is 2.08 bits per heavy atom. The number of aliphatic hydroxyl groups excluding tert-OH is 2. The number of amides is 1. The van der Waals surface area contributed by atoms with E-state index in [1.807, 2.05) is 6.92 Å². The molecule has 1 rings (SSSR count). The fourth-order valence-corrected chi connectivity index (χ4v) is 3.51. The van der Waals surface area contributed by atoms with Gasteiger partial charge in [-0.15, -0.1) is 0 Å². The highest BCUT2D eigenvalue weighted by Gasteiger charge is 2.43.